The number of ether oxygens (including phenoxy) is 1. The number of rotatable bonds is 2. The van der Waals surface area contributed by atoms with Crippen LogP contribution in [0.2, 0.25) is 0 Å². The van der Waals surface area contributed by atoms with Gasteiger partial charge in [-0.2, -0.15) is 0 Å². The summed E-state index contributed by atoms with van der Waals surface area (Å²) in [6.07, 6.45) is 1.50. The molecule has 1 saturated heterocycles. The van der Waals surface area contributed by atoms with Crippen LogP contribution in [-0.2, 0) is 4.74 Å². The molecule has 1 fully saturated rings. The zero-order valence-corrected chi connectivity index (χ0v) is 8.82. The summed E-state index contributed by atoms with van der Waals surface area (Å²) < 4.78 is 17.8. The Balaban J connectivity index is 2.09. The summed E-state index contributed by atoms with van der Waals surface area (Å²) in [6.45, 7) is 3.58. The average molecular weight is 210 g/mol. The molecule has 1 aromatic heterocycles. The molecule has 0 aromatic carbocycles. The fourth-order valence-electron chi connectivity index (χ4n) is 1.77. The monoisotopic (exact) mass is 210 g/mol. The van der Waals surface area contributed by atoms with Crippen molar-refractivity contribution in [3.63, 3.8) is 0 Å². The molecule has 1 unspecified atom stereocenters. The highest BCUT2D eigenvalue weighted by molar-refractivity contribution is 5.46. The SMILES string of the molecule is Cc1cc(N2CCOC(CF)C2)ccn1. The molecule has 82 valence electrons. The molecule has 0 bridgehead atoms. The van der Waals surface area contributed by atoms with Gasteiger partial charge < -0.3 is 9.64 Å². The van der Waals surface area contributed by atoms with Gasteiger partial charge in [-0.05, 0) is 19.1 Å². The smallest absolute Gasteiger partial charge is 0.117 e. The second-order valence-electron chi connectivity index (χ2n) is 3.75. The number of aryl methyl sites for hydroxylation is 1. The van der Waals surface area contributed by atoms with Crippen molar-refractivity contribution >= 4 is 5.69 Å². The first-order chi connectivity index (χ1) is 7.29. The standard InChI is InChI=1S/C11H15FN2O/c1-9-6-10(2-3-13-9)14-4-5-15-11(7-12)8-14/h2-3,6,11H,4-5,7-8H2,1H3. The molecule has 2 heterocycles. The second kappa shape index (κ2) is 4.57. The summed E-state index contributed by atoms with van der Waals surface area (Å²) in [5.41, 5.74) is 2.08. The maximum atomic E-state index is 12.5. The summed E-state index contributed by atoms with van der Waals surface area (Å²) in [6, 6.07) is 3.97. The minimum absolute atomic E-state index is 0.285. The first kappa shape index (κ1) is 10.4. The number of hydrogen-bond acceptors (Lipinski definition) is 3. The van der Waals surface area contributed by atoms with Crippen molar-refractivity contribution in [2.75, 3.05) is 31.3 Å². The van der Waals surface area contributed by atoms with Crippen LogP contribution in [0.4, 0.5) is 10.1 Å². The van der Waals surface area contributed by atoms with Crippen molar-refractivity contribution in [1.82, 2.24) is 4.98 Å². The number of anilines is 1. The lowest BCUT2D eigenvalue weighted by molar-refractivity contribution is 0.0247. The normalized spacial score (nSPS) is 21.7. The van der Waals surface area contributed by atoms with E-state index in [1.165, 1.54) is 0 Å². The molecule has 4 heteroatoms. The van der Waals surface area contributed by atoms with E-state index in [9.17, 15) is 4.39 Å². The lowest BCUT2D eigenvalue weighted by atomic mass is 10.2. The zero-order valence-electron chi connectivity index (χ0n) is 8.82. The Kier molecular flexibility index (Phi) is 3.16. The molecule has 0 spiro atoms. The largest absolute Gasteiger partial charge is 0.372 e. The molecule has 1 aliphatic heterocycles. The summed E-state index contributed by atoms with van der Waals surface area (Å²) in [4.78, 5) is 6.28. The van der Waals surface area contributed by atoms with Crippen molar-refractivity contribution in [3.05, 3.63) is 24.0 Å². The second-order valence-corrected chi connectivity index (χ2v) is 3.75. The van der Waals surface area contributed by atoms with Gasteiger partial charge in [0.25, 0.3) is 0 Å². The topological polar surface area (TPSA) is 25.4 Å². The third-order valence-electron chi connectivity index (χ3n) is 2.56. The highest BCUT2D eigenvalue weighted by Gasteiger charge is 2.20. The first-order valence-electron chi connectivity index (χ1n) is 5.15. The van der Waals surface area contributed by atoms with Gasteiger partial charge in [0.15, 0.2) is 0 Å². The number of alkyl halides is 1. The first-order valence-corrected chi connectivity index (χ1v) is 5.15. The number of morpholine rings is 1. The van der Waals surface area contributed by atoms with E-state index in [1.807, 2.05) is 19.1 Å². The summed E-state index contributed by atoms with van der Waals surface area (Å²) >= 11 is 0. The van der Waals surface area contributed by atoms with E-state index in [-0.39, 0.29) is 6.10 Å². The Hall–Kier alpha value is -1.16. The van der Waals surface area contributed by atoms with Crippen molar-refractivity contribution in [2.24, 2.45) is 0 Å². The maximum Gasteiger partial charge on any atom is 0.117 e. The van der Waals surface area contributed by atoms with Crippen LogP contribution in [0.3, 0.4) is 0 Å². The Bertz CT molecular complexity index is 332. The third kappa shape index (κ3) is 2.45. The molecular weight excluding hydrogens is 195 g/mol. The van der Waals surface area contributed by atoms with Crippen LogP contribution in [0, 0.1) is 6.92 Å². The van der Waals surface area contributed by atoms with Gasteiger partial charge in [-0.15, -0.1) is 0 Å². The number of halogens is 1. The van der Waals surface area contributed by atoms with E-state index in [0.717, 1.165) is 17.9 Å². The Morgan fingerprint density at radius 3 is 3.27 bits per heavy atom. The molecule has 0 N–H and O–H groups in total. The molecule has 0 radical (unpaired) electrons. The minimum atomic E-state index is -0.416. The molecule has 0 saturated carbocycles. The lowest BCUT2D eigenvalue weighted by Gasteiger charge is -2.33. The predicted octanol–water partition coefficient (Wildman–Crippen LogP) is 1.56. The van der Waals surface area contributed by atoms with E-state index in [1.54, 1.807) is 6.20 Å². The van der Waals surface area contributed by atoms with Gasteiger partial charge in [0, 0.05) is 30.7 Å². The van der Waals surface area contributed by atoms with Crippen LogP contribution in [-0.4, -0.2) is 37.5 Å². The molecule has 0 amide bonds. The highest BCUT2D eigenvalue weighted by Crippen LogP contribution is 2.17. The molecular formula is C11H15FN2O. The van der Waals surface area contributed by atoms with Crippen LogP contribution in [0.1, 0.15) is 5.69 Å². The Morgan fingerprint density at radius 2 is 2.53 bits per heavy atom. The fraction of sp³-hybridized carbons (Fsp3) is 0.545. The zero-order chi connectivity index (χ0) is 10.7. The summed E-state index contributed by atoms with van der Waals surface area (Å²) in [5, 5.41) is 0. The van der Waals surface area contributed by atoms with Gasteiger partial charge in [0.05, 0.1) is 6.61 Å². The van der Waals surface area contributed by atoms with Gasteiger partial charge in [0.1, 0.15) is 12.8 Å². The Morgan fingerprint density at radius 1 is 1.67 bits per heavy atom. The number of hydrogen-bond donors (Lipinski definition) is 0. The van der Waals surface area contributed by atoms with Crippen molar-refractivity contribution in [1.29, 1.82) is 0 Å². The Labute approximate surface area is 88.9 Å². The van der Waals surface area contributed by atoms with Crippen molar-refractivity contribution in [3.8, 4) is 0 Å². The van der Waals surface area contributed by atoms with Crippen LogP contribution in [0.15, 0.2) is 18.3 Å². The molecule has 15 heavy (non-hydrogen) atoms. The van der Waals surface area contributed by atoms with Crippen LogP contribution in [0.5, 0.6) is 0 Å². The highest BCUT2D eigenvalue weighted by atomic mass is 19.1. The average Bonchev–Trinajstić information content (AvgIpc) is 2.29. The van der Waals surface area contributed by atoms with Crippen LogP contribution >= 0.6 is 0 Å². The van der Waals surface area contributed by atoms with E-state index in [0.29, 0.717) is 13.2 Å². The molecule has 3 nitrogen and oxygen atoms in total. The van der Waals surface area contributed by atoms with Gasteiger partial charge >= 0.3 is 0 Å². The lowest BCUT2D eigenvalue weighted by Crippen LogP contribution is -2.43. The van der Waals surface area contributed by atoms with E-state index in [4.69, 9.17) is 4.74 Å². The van der Waals surface area contributed by atoms with E-state index in [2.05, 4.69) is 9.88 Å². The number of pyridine rings is 1. The van der Waals surface area contributed by atoms with Crippen molar-refractivity contribution in [2.45, 2.75) is 13.0 Å². The van der Waals surface area contributed by atoms with Gasteiger partial charge in [-0.25, -0.2) is 4.39 Å². The van der Waals surface area contributed by atoms with Crippen molar-refractivity contribution < 1.29 is 9.13 Å². The summed E-state index contributed by atoms with van der Waals surface area (Å²) in [7, 11) is 0. The van der Waals surface area contributed by atoms with Gasteiger partial charge in [-0.1, -0.05) is 0 Å². The third-order valence-corrected chi connectivity index (χ3v) is 2.56. The molecule has 2 rings (SSSR count). The molecule has 1 aromatic rings. The molecule has 1 atom stereocenters. The number of nitrogens with zero attached hydrogens (tertiary/aromatic N) is 2. The number of aromatic nitrogens is 1. The fourth-order valence-corrected chi connectivity index (χ4v) is 1.77. The maximum absolute atomic E-state index is 12.5. The molecule has 0 aliphatic carbocycles. The van der Waals surface area contributed by atoms with Gasteiger partial charge in [-0.3, -0.25) is 4.98 Å². The molecule has 1 aliphatic rings. The van der Waals surface area contributed by atoms with E-state index < -0.39 is 6.67 Å². The van der Waals surface area contributed by atoms with Crippen LogP contribution in [0.25, 0.3) is 0 Å². The minimum Gasteiger partial charge on any atom is -0.372 e. The van der Waals surface area contributed by atoms with Crippen LogP contribution < -0.4 is 4.90 Å². The van der Waals surface area contributed by atoms with Gasteiger partial charge in [0.2, 0.25) is 0 Å². The summed E-state index contributed by atoms with van der Waals surface area (Å²) in [5.74, 6) is 0. The predicted molar refractivity (Wildman–Crippen MR) is 56.9 cm³/mol. The van der Waals surface area contributed by atoms with E-state index >= 15 is 0 Å². The quantitative estimate of drug-likeness (QED) is 0.740.